The van der Waals surface area contributed by atoms with Crippen molar-refractivity contribution in [3.05, 3.63) is 59.8 Å². The molecule has 1 amide bonds. The summed E-state index contributed by atoms with van der Waals surface area (Å²) in [6.07, 6.45) is -3.60. The molecule has 0 atom stereocenters. The number of fused-ring (bicyclic) bond motifs is 1. The van der Waals surface area contributed by atoms with Gasteiger partial charge in [0.05, 0.1) is 7.11 Å². The molecular formula is C19H17F3N2O2. The fourth-order valence-corrected chi connectivity index (χ4v) is 2.64. The summed E-state index contributed by atoms with van der Waals surface area (Å²) in [5, 5.41) is 3.11. The summed E-state index contributed by atoms with van der Waals surface area (Å²) < 4.78 is 43.3. The number of carbonyl (C=O) groups is 1. The predicted molar refractivity (Wildman–Crippen MR) is 93.2 cm³/mol. The van der Waals surface area contributed by atoms with E-state index in [1.807, 2.05) is 24.3 Å². The van der Waals surface area contributed by atoms with Gasteiger partial charge in [0.1, 0.15) is 11.4 Å². The van der Waals surface area contributed by atoms with Gasteiger partial charge in [0.2, 0.25) is 5.91 Å². The number of benzene rings is 2. The number of hydrogen-bond donors (Lipinski definition) is 2. The summed E-state index contributed by atoms with van der Waals surface area (Å²) in [4.78, 5) is 14.4. The first kappa shape index (κ1) is 17.8. The van der Waals surface area contributed by atoms with E-state index in [1.54, 1.807) is 13.2 Å². The van der Waals surface area contributed by atoms with Crippen LogP contribution in [0.1, 0.15) is 17.7 Å². The summed E-state index contributed by atoms with van der Waals surface area (Å²) in [5.41, 5.74) is 1.02. The van der Waals surface area contributed by atoms with Crippen LogP contribution in [0.2, 0.25) is 0 Å². The number of carbonyl (C=O) groups excluding carboxylic acids is 1. The molecule has 3 aromatic rings. The Labute approximate surface area is 148 Å². The number of halogens is 3. The van der Waals surface area contributed by atoms with E-state index in [0.717, 1.165) is 17.4 Å². The fourth-order valence-electron chi connectivity index (χ4n) is 2.64. The van der Waals surface area contributed by atoms with Crippen LogP contribution < -0.4 is 10.1 Å². The summed E-state index contributed by atoms with van der Waals surface area (Å²) in [6.45, 7) is 0. The summed E-state index contributed by atoms with van der Waals surface area (Å²) in [5.74, 6) is 0.544. The van der Waals surface area contributed by atoms with Gasteiger partial charge in [0, 0.05) is 23.0 Å². The molecule has 0 fully saturated rings. The second kappa shape index (κ2) is 7.11. The average Bonchev–Trinajstić information content (AvgIpc) is 3.04. The molecule has 26 heavy (non-hydrogen) atoms. The molecule has 136 valence electrons. The smallest absolute Gasteiger partial charge is 0.431 e. The summed E-state index contributed by atoms with van der Waals surface area (Å²) >= 11 is 0. The number of aromatic amines is 1. The molecule has 0 radical (unpaired) electrons. The number of amides is 1. The second-order valence-corrected chi connectivity index (χ2v) is 5.88. The van der Waals surface area contributed by atoms with Crippen LogP contribution in [0, 0.1) is 0 Å². The molecule has 4 nitrogen and oxygen atoms in total. The van der Waals surface area contributed by atoms with E-state index in [2.05, 4.69) is 10.3 Å². The van der Waals surface area contributed by atoms with Crippen molar-refractivity contribution < 1.29 is 22.7 Å². The second-order valence-electron chi connectivity index (χ2n) is 5.88. The summed E-state index contributed by atoms with van der Waals surface area (Å²) in [7, 11) is 1.58. The lowest BCUT2D eigenvalue weighted by Crippen LogP contribution is -2.12. The SMILES string of the molecule is COc1ccc(CCC(=O)Nc2ccc3[nH]c(C(F)(F)F)cc3c2)cc1. The van der Waals surface area contributed by atoms with E-state index in [9.17, 15) is 18.0 Å². The lowest BCUT2D eigenvalue weighted by molar-refractivity contribution is -0.140. The number of methoxy groups -OCH3 is 1. The van der Waals surface area contributed by atoms with Crippen LogP contribution in [0.25, 0.3) is 10.9 Å². The minimum absolute atomic E-state index is 0.202. The quantitative estimate of drug-likeness (QED) is 0.687. The van der Waals surface area contributed by atoms with Crippen LogP contribution in [0.4, 0.5) is 18.9 Å². The molecule has 1 aromatic heterocycles. The molecule has 0 unspecified atom stereocenters. The molecule has 0 saturated carbocycles. The van der Waals surface area contributed by atoms with Crippen LogP contribution in [0.5, 0.6) is 5.75 Å². The number of hydrogen-bond acceptors (Lipinski definition) is 2. The molecule has 0 spiro atoms. The maximum absolute atomic E-state index is 12.7. The molecule has 2 aromatic carbocycles. The van der Waals surface area contributed by atoms with Gasteiger partial charge in [-0.2, -0.15) is 13.2 Å². The number of H-pyrrole nitrogens is 1. The molecule has 0 saturated heterocycles. The van der Waals surface area contributed by atoms with Crippen LogP contribution in [-0.2, 0) is 17.4 Å². The minimum atomic E-state index is -4.43. The average molecular weight is 362 g/mol. The first-order valence-electron chi connectivity index (χ1n) is 7.98. The van der Waals surface area contributed by atoms with E-state index in [-0.39, 0.29) is 12.3 Å². The van der Waals surface area contributed by atoms with Gasteiger partial charge in [-0.25, -0.2) is 0 Å². The summed E-state index contributed by atoms with van der Waals surface area (Å²) in [6, 6.07) is 13.1. The van der Waals surface area contributed by atoms with Crippen molar-refractivity contribution in [1.29, 1.82) is 0 Å². The van der Waals surface area contributed by atoms with Crippen molar-refractivity contribution in [2.75, 3.05) is 12.4 Å². The standard InChI is InChI=1S/C19H17F3N2O2/c1-26-15-6-2-12(3-7-15)4-9-18(25)23-14-5-8-16-13(10-14)11-17(24-16)19(20,21)22/h2-3,5-8,10-11,24H,4,9H2,1H3,(H,23,25). The van der Waals surface area contributed by atoms with Crippen LogP contribution in [0.3, 0.4) is 0 Å². The molecular weight excluding hydrogens is 345 g/mol. The Morgan fingerprint density at radius 2 is 1.85 bits per heavy atom. The van der Waals surface area contributed by atoms with Gasteiger partial charge >= 0.3 is 6.18 Å². The molecule has 3 rings (SSSR count). The van der Waals surface area contributed by atoms with Crippen molar-refractivity contribution in [1.82, 2.24) is 4.98 Å². The van der Waals surface area contributed by atoms with Crippen LogP contribution in [0.15, 0.2) is 48.5 Å². The molecule has 0 aliphatic carbocycles. The molecule has 0 aliphatic rings. The molecule has 7 heteroatoms. The highest BCUT2D eigenvalue weighted by Crippen LogP contribution is 2.31. The first-order valence-corrected chi connectivity index (χ1v) is 7.98. The molecule has 1 heterocycles. The number of ether oxygens (including phenoxy) is 1. The monoisotopic (exact) mass is 362 g/mol. The lowest BCUT2D eigenvalue weighted by Gasteiger charge is -2.06. The van der Waals surface area contributed by atoms with Crippen molar-refractivity contribution >= 4 is 22.5 Å². The Balaban J connectivity index is 1.63. The Morgan fingerprint density at radius 3 is 2.50 bits per heavy atom. The van der Waals surface area contributed by atoms with E-state index in [4.69, 9.17) is 4.74 Å². The van der Waals surface area contributed by atoms with Crippen molar-refractivity contribution in [2.45, 2.75) is 19.0 Å². The topological polar surface area (TPSA) is 54.1 Å². The van der Waals surface area contributed by atoms with Gasteiger partial charge in [0.15, 0.2) is 0 Å². The zero-order valence-electron chi connectivity index (χ0n) is 14.0. The van der Waals surface area contributed by atoms with Gasteiger partial charge in [-0.1, -0.05) is 12.1 Å². The highest BCUT2D eigenvalue weighted by molar-refractivity contribution is 5.94. The third-order valence-corrected chi connectivity index (χ3v) is 4.01. The normalized spacial score (nSPS) is 11.5. The van der Waals surface area contributed by atoms with E-state index < -0.39 is 11.9 Å². The number of nitrogens with one attached hydrogen (secondary N) is 2. The number of anilines is 1. The van der Waals surface area contributed by atoms with Crippen molar-refractivity contribution in [3.8, 4) is 5.75 Å². The predicted octanol–water partition coefficient (Wildman–Crippen LogP) is 4.77. The van der Waals surface area contributed by atoms with Gasteiger partial charge in [-0.05, 0) is 48.4 Å². The Kier molecular flexibility index (Phi) is 4.88. The van der Waals surface area contributed by atoms with Gasteiger partial charge in [0.25, 0.3) is 0 Å². The zero-order valence-corrected chi connectivity index (χ0v) is 14.0. The Hall–Kier alpha value is -2.96. The highest BCUT2D eigenvalue weighted by Gasteiger charge is 2.32. The Morgan fingerprint density at radius 1 is 1.12 bits per heavy atom. The fraction of sp³-hybridized carbons (Fsp3) is 0.211. The minimum Gasteiger partial charge on any atom is -0.497 e. The van der Waals surface area contributed by atoms with Gasteiger partial charge in [-0.15, -0.1) is 0 Å². The van der Waals surface area contributed by atoms with E-state index in [1.165, 1.54) is 12.1 Å². The van der Waals surface area contributed by atoms with Gasteiger partial charge < -0.3 is 15.0 Å². The third kappa shape index (κ3) is 4.17. The van der Waals surface area contributed by atoms with Crippen LogP contribution in [-0.4, -0.2) is 18.0 Å². The number of aryl methyl sites for hydroxylation is 1. The zero-order chi connectivity index (χ0) is 18.7. The molecule has 0 bridgehead atoms. The number of alkyl halides is 3. The van der Waals surface area contributed by atoms with E-state index in [0.29, 0.717) is 23.0 Å². The highest BCUT2D eigenvalue weighted by atomic mass is 19.4. The van der Waals surface area contributed by atoms with Gasteiger partial charge in [-0.3, -0.25) is 4.79 Å². The molecule has 2 N–H and O–H groups in total. The number of aromatic nitrogens is 1. The number of rotatable bonds is 5. The molecule has 0 aliphatic heterocycles. The first-order chi connectivity index (χ1) is 12.3. The van der Waals surface area contributed by atoms with E-state index >= 15 is 0 Å². The Bertz CT molecular complexity index is 915. The third-order valence-electron chi connectivity index (χ3n) is 4.01. The lowest BCUT2D eigenvalue weighted by atomic mass is 10.1. The maximum Gasteiger partial charge on any atom is 0.431 e. The van der Waals surface area contributed by atoms with Crippen LogP contribution >= 0.6 is 0 Å². The largest absolute Gasteiger partial charge is 0.497 e. The maximum atomic E-state index is 12.7. The van der Waals surface area contributed by atoms with Crippen molar-refractivity contribution in [3.63, 3.8) is 0 Å². The van der Waals surface area contributed by atoms with Crippen molar-refractivity contribution in [2.24, 2.45) is 0 Å².